The molecule has 2 aromatic heterocycles. The van der Waals surface area contributed by atoms with Gasteiger partial charge in [0.05, 0.1) is 0 Å². The standard InChI is InChI=1S/C17H25N7O2/c1-13-3-6-22-24(13)7-4-16(25)19-10-17(26)5-8-23(11-17)15-9-14(18-2)20-12-21-15/h3,6,9,12,26H,4-5,7-8,10-11H2,1-2H3,(H,19,25)(H,18,20,21). The Morgan fingerprint density at radius 3 is 3.00 bits per heavy atom. The monoisotopic (exact) mass is 359 g/mol. The average Bonchev–Trinajstić information content (AvgIpc) is 3.24. The number of aromatic nitrogens is 4. The Hall–Kier alpha value is -2.68. The third kappa shape index (κ3) is 4.29. The van der Waals surface area contributed by atoms with Crippen LogP contribution in [0.4, 0.5) is 11.6 Å². The zero-order valence-corrected chi connectivity index (χ0v) is 15.1. The van der Waals surface area contributed by atoms with Crippen LogP contribution in [-0.4, -0.2) is 63.0 Å². The van der Waals surface area contributed by atoms with E-state index in [2.05, 4.69) is 25.7 Å². The summed E-state index contributed by atoms with van der Waals surface area (Å²) >= 11 is 0. The molecular formula is C17H25N7O2. The van der Waals surface area contributed by atoms with E-state index in [0.29, 0.717) is 32.5 Å². The lowest BCUT2D eigenvalue weighted by atomic mass is 10.0. The van der Waals surface area contributed by atoms with E-state index >= 15 is 0 Å². The number of β-amino-alcohol motifs (C(OH)–C–C–N with tert-alkyl or cyclic N) is 1. The molecule has 140 valence electrons. The number of nitrogens with one attached hydrogen (secondary N) is 2. The lowest BCUT2D eigenvalue weighted by Crippen LogP contribution is -2.45. The van der Waals surface area contributed by atoms with E-state index in [1.807, 2.05) is 24.0 Å². The Bertz CT molecular complexity index is 763. The number of hydrogen-bond acceptors (Lipinski definition) is 7. The molecule has 0 bridgehead atoms. The first-order valence-corrected chi connectivity index (χ1v) is 8.71. The van der Waals surface area contributed by atoms with Crippen molar-refractivity contribution in [2.45, 2.75) is 31.9 Å². The van der Waals surface area contributed by atoms with E-state index in [-0.39, 0.29) is 12.5 Å². The summed E-state index contributed by atoms with van der Waals surface area (Å²) in [7, 11) is 1.80. The summed E-state index contributed by atoms with van der Waals surface area (Å²) in [6.07, 6.45) is 4.12. The van der Waals surface area contributed by atoms with Crippen LogP contribution >= 0.6 is 0 Å². The molecule has 1 saturated heterocycles. The number of aliphatic hydroxyl groups is 1. The Morgan fingerprint density at radius 2 is 2.27 bits per heavy atom. The van der Waals surface area contributed by atoms with Crippen molar-refractivity contribution in [1.82, 2.24) is 25.1 Å². The van der Waals surface area contributed by atoms with Crippen molar-refractivity contribution in [3.05, 3.63) is 30.4 Å². The zero-order valence-electron chi connectivity index (χ0n) is 15.1. The number of carbonyl (C=O) groups is 1. The van der Waals surface area contributed by atoms with Crippen LogP contribution in [0, 0.1) is 6.92 Å². The number of amides is 1. The fourth-order valence-electron chi connectivity index (χ4n) is 3.04. The van der Waals surface area contributed by atoms with E-state index in [0.717, 1.165) is 17.3 Å². The van der Waals surface area contributed by atoms with Crippen molar-refractivity contribution in [2.24, 2.45) is 0 Å². The minimum absolute atomic E-state index is 0.0914. The number of nitrogens with zero attached hydrogens (tertiary/aromatic N) is 5. The maximum absolute atomic E-state index is 12.1. The van der Waals surface area contributed by atoms with E-state index < -0.39 is 5.60 Å². The normalized spacial score (nSPS) is 19.6. The van der Waals surface area contributed by atoms with Gasteiger partial charge in [0.1, 0.15) is 23.6 Å². The van der Waals surface area contributed by atoms with Gasteiger partial charge in [0.15, 0.2) is 0 Å². The quantitative estimate of drug-likeness (QED) is 0.647. The second kappa shape index (κ2) is 7.69. The Kier molecular flexibility index (Phi) is 5.36. The van der Waals surface area contributed by atoms with Gasteiger partial charge in [-0.1, -0.05) is 0 Å². The van der Waals surface area contributed by atoms with Crippen LogP contribution in [0.5, 0.6) is 0 Å². The average molecular weight is 359 g/mol. The number of carbonyl (C=O) groups excluding carboxylic acids is 1. The lowest BCUT2D eigenvalue weighted by Gasteiger charge is -2.24. The molecule has 3 heterocycles. The maximum Gasteiger partial charge on any atom is 0.221 e. The molecular weight excluding hydrogens is 334 g/mol. The van der Waals surface area contributed by atoms with Crippen molar-refractivity contribution in [3.8, 4) is 0 Å². The van der Waals surface area contributed by atoms with E-state index in [9.17, 15) is 9.90 Å². The van der Waals surface area contributed by atoms with Crippen LogP contribution in [0.15, 0.2) is 24.7 Å². The molecule has 0 aliphatic carbocycles. The van der Waals surface area contributed by atoms with Crippen molar-refractivity contribution in [1.29, 1.82) is 0 Å². The summed E-state index contributed by atoms with van der Waals surface area (Å²) < 4.78 is 1.79. The van der Waals surface area contributed by atoms with Gasteiger partial charge in [0, 0.05) is 57.6 Å². The molecule has 26 heavy (non-hydrogen) atoms. The summed E-state index contributed by atoms with van der Waals surface area (Å²) in [5, 5.41) is 20.7. The van der Waals surface area contributed by atoms with Gasteiger partial charge in [0.2, 0.25) is 5.91 Å². The van der Waals surface area contributed by atoms with E-state index in [4.69, 9.17) is 0 Å². The molecule has 0 saturated carbocycles. The summed E-state index contributed by atoms with van der Waals surface area (Å²) in [6, 6.07) is 3.75. The van der Waals surface area contributed by atoms with Gasteiger partial charge in [0.25, 0.3) is 0 Å². The van der Waals surface area contributed by atoms with Crippen LogP contribution in [-0.2, 0) is 11.3 Å². The van der Waals surface area contributed by atoms with Crippen molar-refractivity contribution in [3.63, 3.8) is 0 Å². The maximum atomic E-state index is 12.1. The molecule has 1 unspecified atom stereocenters. The minimum atomic E-state index is -0.956. The molecule has 9 heteroatoms. The van der Waals surface area contributed by atoms with Gasteiger partial charge in [-0.25, -0.2) is 9.97 Å². The molecule has 0 spiro atoms. The highest BCUT2D eigenvalue weighted by Crippen LogP contribution is 2.25. The van der Waals surface area contributed by atoms with Crippen molar-refractivity contribution >= 4 is 17.5 Å². The largest absolute Gasteiger partial charge is 0.386 e. The predicted molar refractivity (Wildman–Crippen MR) is 97.9 cm³/mol. The molecule has 1 atom stereocenters. The fraction of sp³-hybridized carbons (Fsp3) is 0.529. The summed E-state index contributed by atoms with van der Waals surface area (Å²) in [4.78, 5) is 22.4. The van der Waals surface area contributed by atoms with Gasteiger partial charge in [-0.3, -0.25) is 9.48 Å². The molecule has 3 rings (SSSR count). The highest BCUT2D eigenvalue weighted by Gasteiger charge is 2.37. The molecule has 1 aliphatic rings. The van der Waals surface area contributed by atoms with Crippen LogP contribution in [0.25, 0.3) is 0 Å². The second-order valence-corrected chi connectivity index (χ2v) is 6.63. The molecule has 1 aliphatic heterocycles. The molecule has 0 aromatic carbocycles. The van der Waals surface area contributed by atoms with Gasteiger partial charge in [-0.15, -0.1) is 0 Å². The summed E-state index contributed by atoms with van der Waals surface area (Å²) in [6.45, 7) is 3.81. The number of anilines is 2. The molecule has 3 N–H and O–H groups in total. The molecule has 1 amide bonds. The second-order valence-electron chi connectivity index (χ2n) is 6.63. The third-order valence-corrected chi connectivity index (χ3v) is 4.66. The third-order valence-electron chi connectivity index (χ3n) is 4.66. The smallest absolute Gasteiger partial charge is 0.221 e. The van der Waals surface area contributed by atoms with Gasteiger partial charge in [-0.05, 0) is 19.4 Å². The molecule has 2 aromatic rings. The lowest BCUT2D eigenvalue weighted by molar-refractivity contribution is -0.122. The summed E-state index contributed by atoms with van der Waals surface area (Å²) in [5.41, 5.74) is 0.0656. The zero-order chi connectivity index (χ0) is 18.6. The number of hydrogen-bond donors (Lipinski definition) is 3. The van der Waals surface area contributed by atoms with Crippen LogP contribution < -0.4 is 15.5 Å². The topological polar surface area (TPSA) is 108 Å². The van der Waals surface area contributed by atoms with E-state index in [1.54, 1.807) is 17.9 Å². The number of rotatable bonds is 7. The van der Waals surface area contributed by atoms with Crippen LogP contribution in [0.2, 0.25) is 0 Å². The van der Waals surface area contributed by atoms with Gasteiger partial charge < -0.3 is 20.6 Å². The van der Waals surface area contributed by atoms with E-state index in [1.165, 1.54) is 6.33 Å². The highest BCUT2D eigenvalue weighted by molar-refractivity contribution is 5.75. The summed E-state index contributed by atoms with van der Waals surface area (Å²) in [5.74, 6) is 1.40. The highest BCUT2D eigenvalue weighted by atomic mass is 16.3. The predicted octanol–water partition coefficient (Wildman–Crippen LogP) is 0.171. The first-order chi connectivity index (χ1) is 12.5. The SMILES string of the molecule is CNc1cc(N2CCC(O)(CNC(=O)CCn3nccc3C)C2)ncn1. The Morgan fingerprint density at radius 1 is 1.42 bits per heavy atom. The number of aryl methyl sites for hydroxylation is 2. The van der Waals surface area contributed by atoms with Crippen LogP contribution in [0.3, 0.4) is 0 Å². The first kappa shape index (κ1) is 18.1. The molecule has 0 radical (unpaired) electrons. The van der Waals surface area contributed by atoms with Crippen molar-refractivity contribution in [2.75, 3.05) is 36.9 Å². The Labute approximate surface area is 152 Å². The Balaban J connectivity index is 1.48. The first-order valence-electron chi connectivity index (χ1n) is 8.71. The van der Waals surface area contributed by atoms with Crippen molar-refractivity contribution < 1.29 is 9.90 Å². The fourth-order valence-corrected chi connectivity index (χ4v) is 3.04. The minimum Gasteiger partial charge on any atom is -0.386 e. The van der Waals surface area contributed by atoms with Gasteiger partial charge in [-0.2, -0.15) is 5.10 Å². The van der Waals surface area contributed by atoms with Gasteiger partial charge >= 0.3 is 0 Å². The molecule has 1 fully saturated rings. The molecule has 9 nitrogen and oxygen atoms in total. The van der Waals surface area contributed by atoms with Crippen LogP contribution in [0.1, 0.15) is 18.5 Å².